The van der Waals surface area contributed by atoms with Crippen LogP contribution in [0, 0.1) is 0 Å². The Morgan fingerprint density at radius 3 is 2.00 bits per heavy atom. The van der Waals surface area contributed by atoms with Crippen molar-refractivity contribution in [2.75, 3.05) is 0 Å². The lowest BCUT2D eigenvalue weighted by molar-refractivity contribution is 0.00578. The van der Waals surface area contributed by atoms with Crippen LogP contribution in [0.25, 0.3) is 10.9 Å². The summed E-state index contributed by atoms with van der Waals surface area (Å²) in [5, 5.41) is 1.49. The molecule has 1 aromatic heterocycles. The minimum absolute atomic E-state index is 0.252. The normalized spacial score (nSPS) is 20.4. The Balaban J connectivity index is 2.17. The molecule has 0 spiro atoms. The van der Waals surface area contributed by atoms with Gasteiger partial charge in [-0.25, -0.2) is 0 Å². The standard InChI is InChI=1S/C20H32BNO2Si/c1-18(2,3)25(8,9)22-14-16(15-12-10-11-13-17(15)22)21-23-19(4,5)20(6,7)24-21/h10-14H,1-9H3. The average molecular weight is 357 g/mol. The highest BCUT2D eigenvalue weighted by Gasteiger charge is 2.52. The highest BCUT2D eigenvalue weighted by atomic mass is 28.3. The number of aromatic nitrogens is 1. The Morgan fingerprint density at radius 2 is 1.48 bits per heavy atom. The fourth-order valence-corrected chi connectivity index (χ4v) is 5.17. The number of fused-ring (bicyclic) bond motifs is 1. The zero-order chi connectivity index (χ0) is 18.8. The zero-order valence-electron chi connectivity index (χ0n) is 17.2. The molecular weight excluding hydrogens is 325 g/mol. The Morgan fingerprint density at radius 1 is 0.960 bits per heavy atom. The molecule has 25 heavy (non-hydrogen) atoms. The summed E-state index contributed by atoms with van der Waals surface area (Å²) < 4.78 is 15.2. The zero-order valence-corrected chi connectivity index (χ0v) is 18.2. The van der Waals surface area contributed by atoms with E-state index in [9.17, 15) is 0 Å². The van der Waals surface area contributed by atoms with E-state index in [4.69, 9.17) is 9.31 Å². The van der Waals surface area contributed by atoms with E-state index < -0.39 is 8.24 Å². The van der Waals surface area contributed by atoms with Crippen molar-refractivity contribution < 1.29 is 9.31 Å². The van der Waals surface area contributed by atoms with Gasteiger partial charge in [0.1, 0.15) is 0 Å². The smallest absolute Gasteiger partial charge is 0.399 e. The van der Waals surface area contributed by atoms with Gasteiger partial charge in [-0.3, -0.25) is 0 Å². The molecule has 0 amide bonds. The topological polar surface area (TPSA) is 23.4 Å². The highest BCUT2D eigenvalue weighted by molar-refractivity contribution is 6.80. The summed E-state index contributed by atoms with van der Waals surface area (Å²) >= 11 is 0. The molecular formula is C20H32BNO2Si. The number of hydrogen-bond donors (Lipinski definition) is 0. The summed E-state index contributed by atoms with van der Waals surface area (Å²) in [6.45, 7) is 20.4. The van der Waals surface area contributed by atoms with Crippen LogP contribution >= 0.6 is 0 Å². The largest absolute Gasteiger partial charge is 0.497 e. The van der Waals surface area contributed by atoms with Crippen molar-refractivity contribution >= 4 is 31.7 Å². The van der Waals surface area contributed by atoms with Crippen LogP contribution in [-0.2, 0) is 9.31 Å². The third-order valence-corrected chi connectivity index (χ3v) is 11.9. The van der Waals surface area contributed by atoms with E-state index in [1.165, 1.54) is 10.9 Å². The van der Waals surface area contributed by atoms with Crippen LogP contribution in [-0.4, -0.2) is 30.8 Å². The van der Waals surface area contributed by atoms with E-state index in [1.54, 1.807) is 0 Å². The van der Waals surface area contributed by atoms with E-state index >= 15 is 0 Å². The Bertz CT molecular complexity index is 786. The van der Waals surface area contributed by atoms with Gasteiger partial charge in [-0.15, -0.1) is 0 Å². The van der Waals surface area contributed by atoms with Gasteiger partial charge in [-0.05, 0) is 50.4 Å². The predicted octanol–water partition coefficient (Wildman–Crippen LogP) is 4.79. The van der Waals surface area contributed by atoms with Gasteiger partial charge in [-0.2, -0.15) is 0 Å². The summed E-state index contributed by atoms with van der Waals surface area (Å²) in [5.74, 6) is 0. The molecule has 3 rings (SSSR count). The monoisotopic (exact) mass is 357 g/mol. The summed E-state index contributed by atoms with van der Waals surface area (Å²) in [6.07, 6.45) is 2.30. The van der Waals surface area contributed by atoms with Gasteiger partial charge < -0.3 is 13.5 Å². The van der Waals surface area contributed by atoms with Gasteiger partial charge in [0, 0.05) is 11.0 Å². The molecule has 0 N–H and O–H groups in total. The second-order valence-corrected chi connectivity index (χ2v) is 15.0. The number of rotatable bonds is 2. The third kappa shape index (κ3) is 2.81. The van der Waals surface area contributed by atoms with Crippen LogP contribution in [0.5, 0.6) is 0 Å². The molecule has 5 heteroatoms. The first-order valence-corrected chi connectivity index (χ1v) is 12.2. The third-order valence-electron chi connectivity index (χ3n) is 6.69. The van der Waals surface area contributed by atoms with Crippen LogP contribution in [0.1, 0.15) is 48.5 Å². The predicted molar refractivity (Wildman–Crippen MR) is 110 cm³/mol. The summed E-state index contributed by atoms with van der Waals surface area (Å²) in [4.78, 5) is 0. The molecule has 0 unspecified atom stereocenters. The van der Waals surface area contributed by atoms with E-state index in [-0.39, 0.29) is 23.4 Å². The number of para-hydroxylation sites is 1. The van der Waals surface area contributed by atoms with Gasteiger partial charge in [-0.1, -0.05) is 52.1 Å². The van der Waals surface area contributed by atoms with Crippen LogP contribution in [0.15, 0.2) is 30.5 Å². The van der Waals surface area contributed by atoms with Crippen molar-refractivity contribution in [3.63, 3.8) is 0 Å². The van der Waals surface area contributed by atoms with Crippen molar-refractivity contribution in [2.45, 2.75) is 77.8 Å². The summed E-state index contributed by atoms with van der Waals surface area (Å²) in [6, 6.07) is 8.65. The summed E-state index contributed by atoms with van der Waals surface area (Å²) in [7, 11) is -2.06. The highest BCUT2D eigenvalue weighted by Crippen LogP contribution is 2.40. The summed E-state index contributed by atoms with van der Waals surface area (Å²) in [5.41, 5.74) is 1.80. The lowest BCUT2D eigenvalue weighted by Gasteiger charge is -2.38. The Kier molecular flexibility index (Phi) is 4.11. The van der Waals surface area contributed by atoms with Gasteiger partial charge in [0.2, 0.25) is 0 Å². The second kappa shape index (κ2) is 5.48. The van der Waals surface area contributed by atoms with Gasteiger partial charge in [0.25, 0.3) is 0 Å². The number of benzene rings is 1. The van der Waals surface area contributed by atoms with Crippen LogP contribution in [0.3, 0.4) is 0 Å². The quantitative estimate of drug-likeness (QED) is 0.721. The lowest BCUT2D eigenvalue weighted by Crippen LogP contribution is -2.45. The van der Waals surface area contributed by atoms with Gasteiger partial charge >= 0.3 is 7.12 Å². The molecule has 1 fully saturated rings. The second-order valence-electron chi connectivity index (χ2n) is 9.87. The van der Waals surface area contributed by atoms with Crippen LogP contribution < -0.4 is 5.46 Å². The molecule has 1 aromatic carbocycles. The molecule has 0 aliphatic carbocycles. The number of hydrogen-bond acceptors (Lipinski definition) is 2. The van der Waals surface area contributed by atoms with E-state index in [2.05, 4.69) is 96.3 Å². The molecule has 1 aliphatic heterocycles. The van der Waals surface area contributed by atoms with E-state index in [0.717, 1.165) is 5.46 Å². The lowest BCUT2D eigenvalue weighted by atomic mass is 9.79. The van der Waals surface area contributed by atoms with Crippen LogP contribution in [0.2, 0.25) is 18.1 Å². The maximum atomic E-state index is 6.35. The van der Waals surface area contributed by atoms with Crippen molar-refractivity contribution in [2.24, 2.45) is 0 Å². The SMILES string of the molecule is CC1(C)OB(c2cn([Si](C)(C)C(C)(C)C)c3ccccc23)OC1(C)C. The Labute approximate surface area is 153 Å². The first-order valence-electron chi connectivity index (χ1n) is 9.24. The van der Waals surface area contributed by atoms with Crippen molar-refractivity contribution in [1.29, 1.82) is 0 Å². The molecule has 1 saturated heterocycles. The van der Waals surface area contributed by atoms with Gasteiger partial charge in [0.05, 0.1) is 11.2 Å². The van der Waals surface area contributed by atoms with Crippen molar-refractivity contribution in [3.05, 3.63) is 30.5 Å². The molecule has 1 aliphatic rings. The van der Waals surface area contributed by atoms with E-state index in [1.807, 2.05) is 0 Å². The molecule has 136 valence electrons. The Hall–Kier alpha value is -1.04. The molecule has 0 atom stereocenters. The first-order chi connectivity index (χ1) is 11.3. The molecule has 3 nitrogen and oxygen atoms in total. The molecule has 0 saturated carbocycles. The van der Waals surface area contributed by atoms with Gasteiger partial charge in [0.15, 0.2) is 8.24 Å². The minimum Gasteiger partial charge on any atom is -0.399 e. The molecule has 0 radical (unpaired) electrons. The fraction of sp³-hybridized carbons (Fsp3) is 0.600. The average Bonchev–Trinajstić information content (AvgIpc) is 2.93. The first kappa shape index (κ1) is 18.7. The molecule has 2 aromatic rings. The van der Waals surface area contributed by atoms with Crippen LogP contribution in [0.4, 0.5) is 0 Å². The van der Waals surface area contributed by atoms with Crippen molar-refractivity contribution in [3.8, 4) is 0 Å². The van der Waals surface area contributed by atoms with E-state index in [0.29, 0.717) is 0 Å². The number of nitrogens with zero attached hydrogens (tertiary/aromatic N) is 1. The maximum absolute atomic E-state index is 6.35. The maximum Gasteiger partial charge on any atom is 0.497 e. The fourth-order valence-electron chi connectivity index (χ4n) is 3.19. The molecule has 0 bridgehead atoms. The minimum atomic E-state index is -1.74. The van der Waals surface area contributed by atoms with Crippen molar-refractivity contribution in [1.82, 2.24) is 4.23 Å². The molecule has 2 heterocycles.